The Kier molecular flexibility index (Phi) is 11.2. The van der Waals surface area contributed by atoms with Gasteiger partial charge in [0, 0.05) is 28.8 Å². The number of hydrogen-bond donors (Lipinski definition) is 0. The predicted molar refractivity (Wildman–Crippen MR) is 172 cm³/mol. The number of hydrogen-bond acceptors (Lipinski definition) is 5. The zero-order chi connectivity index (χ0) is 35.6. The van der Waals surface area contributed by atoms with E-state index in [9.17, 15) is 22.4 Å². The summed E-state index contributed by atoms with van der Waals surface area (Å²) in [5.74, 6) is -4.11. The fourth-order valence-corrected chi connectivity index (χ4v) is 6.35. The van der Waals surface area contributed by atoms with Crippen LogP contribution in [0.15, 0.2) is 66.0 Å². The lowest BCUT2D eigenvalue weighted by Crippen LogP contribution is -2.49. The van der Waals surface area contributed by atoms with Crippen LogP contribution in [-0.4, -0.2) is 60.7 Å². The summed E-state index contributed by atoms with van der Waals surface area (Å²) in [5, 5.41) is 0.805. The molecule has 4 rings (SSSR count). The number of methoxy groups -OCH3 is 1. The van der Waals surface area contributed by atoms with Crippen LogP contribution in [0, 0.1) is 17.5 Å². The van der Waals surface area contributed by atoms with Crippen molar-refractivity contribution in [3.63, 3.8) is 0 Å². The molecule has 4 aromatic rings. The van der Waals surface area contributed by atoms with Crippen LogP contribution >= 0.6 is 23.4 Å². The van der Waals surface area contributed by atoms with Gasteiger partial charge in [-0.3, -0.25) is 9.05 Å². The van der Waals surface area contributed by atoms with E-state index in [1.54, 1.807) is 56.2 Å². The first-order valence-electron chi connectivity index (χ1n) is 14.7. The van der Waals surface area contributed by atoms with Crippen molar-refractivity contribution in [1.82, 2.24) is 9.55 Å². The van der Waals surface area contributed by atoms with E-state index in [0.29, 0.717) is 27.3 Å². The number of alkyl halides is 3. The molecule has 258 valence electrons. The van der Waals surface area contributed by atoms with Crippen molar-refractivity contribution < 1.29 is 45.1 Å². The number of nitrogens with zero attached hydrogens (tertiary/aromatic N) is 3. The number of quaternary nitrogens is 1. The third-order valence-electron chi connectivity index (χ3n) is 7.89. The quantitative estimate of drug-likeness (QED) is 0.0484. The van der Waals surface area contributed by atoms with E-state index in [0.717, 1.165) is 29.5 Å². The van der Waals surface area contributed by atoms with Gasteiger partial charge >= 0.3 is 12.1 Å². The van der Waals surface area contributed by atoms with Crippen molar-refractivity contribution in [3.8, 4) is 11.4 Å². The lowest BCUT2D eigenvalue weighted by atomic mass is 9.81. The summed E-state index contributed by atoms with van der Waals surface area (Å²) in [7, 11) is 6.15. The first kappa shape index (κ1) is 37.1. The molecule has 48 heavy (non-hydrogen) atoms. The molecule has 1 heterocycles. The van der Waals surface area contributed by atoms with Crippen molar-refractivity contribution in [2.24, 2.45) is 0 Å². The number of carbonyl (C=O) groups is 1. The maximum atomic E-state index is 15.3. The Morgan fingerprint density at radius 3 is 2.17 bits per heavy atom. The molecule has 0 saturated carbocycles. The molecule has 0 amide bonds. The van der Waals surface area contributed by atoms with Crippen molar-refractivity contribution >= 4 is 29.3 Å². The average Bonchev–Trinajstić information content (AvgIpc) is 3.42. The molecule has 14 heteroatoms. The highest BCUT2D eigenvalue weighted by molar-refractivity contribution is 7.98. The highest BCUT2D eigenvalue weighted by Crippen LogP contribution is 2.39. The number of ether oxygens (including phenoxy) is 2. The molecular weight excluding hydrogens is 680 g/mol. The maximum absolute atomic E-state index is 15.3. The number of rotatable bonds is 12. The Bertz CT molecular complexity index is 1750. The standard InChI is InChI=1S/C34H35ClF6N3O3S/c1-33(2,21-8-13-28(46-6)25(35)17-21)29-18-42-32(43(29)23-11-9-22(36)10-12-23)48-19-24-26(37)15-20(16-27(24)38)7-14-30(44(3,4)5)47-31(45)34(39,40)41/h8-13,15-18,30H,7,14,19H2,1-6H3/q+1. The molecule has 0 aliphatic carbocycles. The first-order chi connectivity index (χ1) is 22.3. The second-order valence-corrected chi connectivity index (χ2v) is 13.9. The van der Waals surface area contributed by atoms with E-state index in [-0.39, 0.29) is 34.2 Å². The third-order valence-corrected chi connectivity index (χ3v) is 9.17. The smallest absolute Gasteiger partial charge is 0.491 e. The van der Waals surface area contributed by atoms with Gasteiger partial charge in [0.05, 0.1) is 45.2 Å². The van der Waals surface area contributed by atoms with E-state index >= 15 is 8.78 Å². The van der Waals surface area contributed by atoms with Gasteiger partial charge in [-0.1, -0.05) is 43.3 Å². The fourth-order valence-electron chi connectivity index (χ4n) is 5.08. The van der Waals surface area contributed by atoms with Crippen molar-refractivity contribution in [2.75, 3.05) is 28.3 Å². The number of benzene rings is 3. The SMILES string of the molecule is COc1ccc(C(C)(C)c2cnc(SCc3c(F)cc(CCC(OC(=O)C(F)(F)F)[N+](C)(C)C)cc3F)n2-c2ccc(F)cc2)cc1Cl. The molecule has 0 spiro atoms. The molecule has 0 aliphatic heterocycles. The van der Waals surface area contributed by atoms with Crippen LogP contribution in [0.25, 0.3) is 5.69 Å². The monoisotopic (exact) mass is 714 g/mol. The number of imidazole rings is 1. The summed E-state index contributed by atoms with van der Waals surface area (Å²) in [4.78, 5) is 16.0. The number of aryl methyl sites for hydroxylation is 1. The summed E-state index contributed by atoms with van der Waals surface area (Å²) < 4.78 is 94.6. The Labute approximate surface area is 284 Å². The molecule has 0 N–H and O–H groups in total. The number of halogens is 7. The Hall–Kier alpha value is -3.68. The number of carbonyl (C=O) groups excluding carboxylic acids is 1. The second-order valence-electron chi connectivity index (χ2n) is 12.6. The molecule has 0 aliphatic rings. The van der Waals surface area contributed by atoms with E-state index in [1.165, 1.54) is 19.2 Å². The summed E-state index contributed by atoms with van der Waals surface area (Å²) in [6.45, 7) is 3.92. The Morgan fingerprint density at radius 2 is 1.62 bits per heavy atom. The van der Waals surface area contributed by atoms with E-state index < -0.39 is 41.2 Å². The van der Waals surface area contributed by atoms with Gasteiger partial charge in [0.2, 0.25) is 6.23 Å². The zero-order valence-corrected chi connectivity index (χ0v) is 28.7. The minimum absolute atomic E-state index is 0.0463. The molecule has 6 nitrogen and oxygen atoms in total. The molecule has 1 unspecified atom stereocenters. The van der Waals surface area contributed by atoms with Crippen LogP contribution in [0.2, 0.25) is 5.02 Å². The molecule has 0 bridgehead atoms. The molecular formula is C34H35ClF6N3O3S+. The lowest BCUT2D eigenvalue weighted by Gasteiger charge is -2.33. The second kappa shape index (κ2) is 14.4. The van der Waals surface area contributed by atoms with Crippen molar-refractivity contribution in [3.05, 3.63) is 106 Å². The van der Waals surface area contributed by atoms with E-state index in [2.05, 4.69) is 9.72 Å². The van der Waals surface area contributed by atoms with Crippen LogP contribution < -0.4 is 4.74 Å². The predicted octanol–water partition coefficient (Wildman–Crippen LogP) is 8.64. The van der Waals surface area contributed by atoms with Gasteiger partial charge < -0.3 is 9.47 Å². The molecule has 0 radical (unpaired) electrons. The minimum Gasteiger partial charge on any atom is -0.495 e. The maximum Gasteiger partial charge on any atom is 0.491 e. The van der Waals surface area contributed by atoms with Gasteiger partial charge in [0.1, 0.15) is 23.2 Å². The first-order valence-corrected chi connectivity index (χ1v) is 16.1. The minimum atomic E-state index is -5.17. The number of esters is 1. The van der Waals surface area contributed by atoms with Crippen LogP contribution in [-0.2, 0) is 27.1 Å². The van der Waals surface area contributed by atoms with Crippen LogP contribution in [0.4, 0.5) is 26.3 Å². The van der Waals surface area contributed by atoms with E-state index in [4.69, 9.17) is 16.3 Å². The summed E-state index contributed by atoms with van der Waals surface area (Å²) in [6.07, 6.45) is -4.88. The van der Waals surface area contributed by atoms with Crippen molar-refractivity contribution in [2.45, 2.75) is 55.4 Å². The topological polar surface area (TPSA) is 53.4 Å². The van der Waals surface area contributed by atoms with Gasteiger partial charge in [0.15, 0.2) is 5.16 Å². The van der Waals surface area contributed by atoms with Gasteiger partial charge in [0.25, 0.3) is 0 Å². The molecule has 1 atom stereocenters. The Morgan fingerprint density at radius 1 is 1.00 bits per heavy atom. The highest BCUT2D eigenvalue weighted by Gasteiger charge is 2.44. The number of thioether (sulfide) groups is 1. The van der Waals surface area contributed by atoms with Gasteiger partial charge in [-0.25, -0.2) is 22.9 Å². The number of aromatic nitrogens is 2. The Balaban J connectivity index is 1.60. The average molecular weight is 715 g/mol. The van der Waals surface area contributed by atoms with Gasteiger partial charge in [-0.15, -0.1) is 0 Å². The zero-order valence-electron chi connectivity index (χ0n) is 27.1. The van der Waals surface area contributed by atoms with Gasteiger partial charge in [-0.05, 0) is 66.1 Å². The largest absolute Gasteiger partial charge is 0.495 e. The fraction of sp³-hybridized carbons (Fsp3) is 0.353. The third kappa shape index (κ3) is 8.48. The molecule has 0 saturated heterocycles. The van der Waals surface area contributed by atoms with Crippen LogP contribution in [0.3, 0.4) is 0 Å². The lowest BCUT2D eigenvalue weighted by molar-refractivity contribution is -0.917. The van der Waals surface area contributed by atoms with Gasteiger partial charge in [-0.2, -0.15) is 13.2 Å². The molecule has 0 fully saturated rings. The summed E-state index contributed by atoms with van der Waals surface area (Å²) >= 11 is 7.50. The normalized spacial score (nSPS) is 13.0. The van der Waals surface area contributed by atoms with Crippen molar-refractivity contribution in [1.29, 1.82) is 0 Å². The summed E-state index contributed by atoms with van der Waals surface area (Å²) in [6, 6.07) is 13.4. The molecule has 3 aromatic carbocycles. The molecule has 1 aromatic heterocycles. The van der Waals surface area contributed by atoms with Crippen LogP contribution in [0.1, 0.15) is 42.7 Å². The van der Waals surface area contributed by atoms with Crippen LogP contribution in [0.5, 0.6) is 5.75 Å². The highest BCUT2D eigenvalue weighted by atomic mass is 35.5. The summed E-state index contributed by atoms with van der Waals surface area (Å²) in [5.41, 5.74) is 1.39. The van der Waals surface area contributed by atoms with E-state index in [1.807, 2.05) is 19.9 Å².